The van der Waals surface area contributed by atoms with E-state index in [0.29, 0.717) is 5.57 Å². The molecule has 2 aliphatic heterocycles. The zero-order valence-corrected chi connectivity index (χ0v) is 8.46. The number of carbonyl (C=O) groups is 2. The van der Waals surface area contributed by atoms with Crippen molar-refractivity contribution in [1.29, 1.82) is 0 Å². The molecule has 2 aliphatic rings. The molecule has 0 spiro atoms. The average Bonchev–Trinajstić information content (AvgIpc) is 2.58. The number of hydrogen-bond donors (Lipinski definition) is 1. The van der Waals surface area contributed by atoms with Gasteiger partial charge in [0, 0.05) is 11.0 Å². The summed E-state index contributed by atoms with van der Waals surface area (Å²) < 4.78 is 11.9. The Morgan fingerprint density at radius 3 is 3.07 bits per heavy atom. The Balaban J connectivity index is 2.13. The molecule has 6 heteroatoms. The maximum atomic E-state index is 11.9. The Hall–Kier alpha value is -1.30. The monoisotopic (exact) mass is 229 g/mol. The third kappa shape index (κ3) is 1.45. The quantitative estimate of drug-likeness (QED) is 0.582. The number of aliphatic carboxylic acids is 1. The van der Waals surface area contributed by atoms with E-state index in [1.54, 1.807) is 0 Å². The molecule has 0 aromatic heterocycles. The van der Waals surface area contributed by atoms with Gasteiger partial charge in [-0.3, -0.25) is 14.1 Å². The van der Waals surface area contributed by atoms with Crippen molar-refractivity contribution in [3.63, 3.8) is 0 Å². The van der Waals surface area contributed by atoms with Gasteiger partial charge in [0.1, 0.15) is 11.1 Å². The number of carboxylic acid groups (broad SMARTS) is 1. The fourth-order valence-electron chi connectivity index (χ4n) is 1.53. The first kappa shape index (κ1) is 10.2. The van der Waals surface area contributed by atoms with Crippen LogP contribution in [0.5, 0.6) is 0 Å². The van der Waals surface area contributed by atoms with Gasteiger partial charge in [-0.15, -0.1) is 11.8 Å². The van der Waals surface area contributed by atoms with Gasteiger partial charge in [-0.1, -0.05) is 6.08 Å². The molecule has 1 fully saturated rings. The lowest BCUT2D eigenvalue weighted by atomic mass is 10.0. The Labute approximate surface area is 89.4 Å². The summed E-state index contributed by atoms with van der Waals surface area (Å²) in [5.74, 6) is -1.44. The van der Waals surface area contributed by atoms with E-state index in [1.165, 1.54) is 28.1 Å². The van der Waals surface area contributed by atoms with E-state index in [-0.39, 0.29) is 23.4 Å². The lowest BCUT2D eigenvalue weighted by Crippen LogP contribution is -2.51. The number of nitrogens with zero attached hydrogens (tertiary/aromatic N) is 1. The van der Waals surface area contributed by atoms with E-state index < -0.39 is 12.6 Å². The zero-order chi connectivity index (χ0) is 11.0. The number of hydrogen-bond acceptors (Lipinski definition) is 3. The molecule has 2 heterocycles. The molecule has 4 nitrogen and oxygen atoms in total. The Kier molecular flexibility index (Phi) is 2.52. The van der Waals surface area contributed by atoms with Gasteiger partial charge in [-0.05, 0) is 6.42 Å². The first-order valence-electron chi connectivity index (χ1n) is 4.35. The van der Waals surface area contributed by atoms with Gasteiger partial charge in [0.15, 0.2) is 0 Å². The van der Waals surface area contributed by atoms with Crippen molar-refractivity contribution in [2.45, 2.75) is 11.8 Å². The van der Waals surface area contributed by atoms with Crippen molar-refractivity contribution in [1.82, 2.24) is 4.90 Å². The van der Waals surface area contributed by atoms with E-state index in [2.05, 4.69) is 0 Å². The number of amides is 1. The van der Waals surface area contributed by atoms with Crippen LogP contribution in [0.3, 0.4) is 0 Å². The van der Waals surface area contributed by atoms with Crippen molar-refractivity contribution < 1.29 is 19.1 Å². The lowest BCUT2D eigenvalue weighted by Gasteiger charge is -2.37. The molecule has 0 bridgehead atoms. The summed E-state index contributed by atoms with van der Waals surface area (Å²) in [5, 5.41) is 9.95. The minimum Gasteiger partial charge on any atom is -0.477 e. The predicted octanol–water partition coefficient (Wildman–Crippen LogP) is 1.11. The van der Waals surface area contributed by atoms with Gasteiger partial charge in [0.25, 0.3) is 5.91 Å². The first-order chi connectivity index (χ1) is 7.16. The highest BCUT2D eigenvalue weighted by Gasteiger charge is 2.49. The molecule has 0 saturated carbocycles. The Morgan fingerprint density at radius 2 is 2.47 bits per heavy atom. The summed E-state index contributed by atoms with van der Waals surface area (Å²) in [4.78, 5) is 23.4. The second kappa shape index (κ2) is 3.69. The molecule has 0 aromatic carbocycles. The molecule has 1 saturated heterocycles. The smallest absolute Gasteiger partial charge is 0.353 e. The zero-order valence-electron chi connectivity index (χ0n) is 7.64. The highest BCUT2D eigenvalue weighted by atomic mass is 32.2. The van der Waals surface area contributed by atoms with Crippen LogP contribution in [-0.4, -0.2) is 33.9 Å². The van der Waals surface area contributed by atoms with Gasteiger partial charge >= 0.3 is 5.97 Å². The van der Waals surface area contributed by atoms with Crippen molar-refractivity contribution in [3.8, 4) is 0 Å². The van der Waals surface area contributed by atoms with Crippen LogP contribution in [-0.2, 0) is 9.59 Å². The fourth-order valence-corrected chi connectivity index (χ4v) is 2.68. The minimum atomic E-state index is -1.11. The topological polar surface area (TPSA) is 57.6 Å². The highest BCUT2D eigenvalue weighted by molar-refractivity contribution is 8.03. The summed E-state index contributed by atoms with van der Waals surface area (Å²) in [5.41, 5.74) is 0.512. The minimum absolute atomic E-state index is 0.00685. The number of β-lactam (4-membered cyclic amide) rings is 1. The molecular weight excluding hydrogens is 221 g/mol. The second-order valence-electron chi connectivity index (χ2n) is 3.11. The fraction of sp³-hybridized carbons (Fsp3) is 0.333. The number of rotatable bonds is 3. The number of halogens is 1. The summed E-state index contributed by atoms with van der Waals surface area (Å²) in [7, 11) is 0. The van der Waals surface area contributed by atoms with E-state index >= 15 is 0 Å². The van der Waals surface area contributed by atoms with Crippen molar-refractivity contribution >= 4 is 23.6 Å². The third-order valence-corrected chi connectivity index (χ3v) is 3.31. The van der Waals surface area contributed by atoms with Gasteiger partial charge in [0.2, 0.25) is 0 Å². The van der Waals surface area contributed by atoms with Gasteiger partial charge < -0.3 is 5.11 Å². The van der Waals surface area contributed by atoms with Crippen LogP contribution < -0.4 is 0 Å². The normalized spacial score (nSPS) is 26.3. The van der Waals surface area contributed by atoms with E-state index in [1.807, 2.05) is 0 Å². The number of alkyl halides is 1. The van der Waals surface area contributed by atoms with Crippen LogP contribution in [0.15, 0.2) is 22.8 Å². The number of fused-ring (bicyclic) bond motifs is 1. The van der Waals surface area contributed by atoms with E-state index in [0.717, 1.165) is 0 Å². The van der Waals surface area contributed by atoms with Crippen LogP contribution >= 0.6 is 11.8 Å². The van der Waals surface area contributed by atoms with Gasteiger partial charge in [-0.2, -0.15) is 0 Å². The molecule has 15 heavy (non-hydrogen) atoms. The first-order valence-corrected chi connectivity index (χ1v) is 5.29. The van der Waals surface area contributed by atoms with Crippen LogP contribution in [0, 0.1) is 0 Å². The molecule has 0 aromatic rings. The summed E-state index contributed by atoms with van der Waals surface area (Å²) in [6, 6.07) is 0. The SMILES string of the molecule is O=C(O)C1=CS[C@@H]2/C(=C/CCF)C(=O)N12. The molecule has 2 rings (SSSR count). The summed E-state index contributed by atoms with van der Waals surface area (Å²) in [6.45, 7) is -0.507. The Morgan fingerprint density at radius 1 is 1.73 bits per heavy atom. The van der Waals surface area contributed by atoms with Crippen LogP contribution in [0.1, 0.15) is 6.42 Å². The Bertz CT molecular complexity index is 391. The summed E-state index contributed by atoms with van der Waals surface area (Å²) >= 11 is 1.26. The maximum absolute atomic E-state index is 11.9. The van der Waals surface area contributed by atoms with Crippen LogP contribution in [0.4, 0.5) is 4.39 Å². The van der Waals surface area contributed by atoms with Crippen molar-refractivity contribution in [3.05, 3.63) is 22.8 Å². The van der Waals surface area contributed by atoms with Crippen LogP contribution in [0.2, 0.25) is 0 Å². The molecule has 1 amide bonds. The molecule has 0 aliphatic carbocycles. The second-order valence-corrected chi connectivity index (χ2v) is 4.06. The summed E-state index contributed by atoms with van der Waals surface area (Å²) in [6.07, 6.45) is 1.74. The predicted molar refractivity (Wildman–Crippen MR) is 52.6 cm³/mol. The van der Waals surface area contributed by atoms with Gasteiger partial charge in [-0.25, -0.2) is 4.79 Å². The maximum Gasteiger partial charge on any atom is 0.353 e. The molecule has 1 N–H and O–H groups in total. The number of carboxylic acids is 1. The average molecular weight is 229 g/mol. The van der Waals surface area contributed by atoms with E-state index in [4.69, 9.17) is 5.11 Å². The molecule has 1 atom stereocenters. The molecular formula is C9H8FNO3S. The molecule has 80 valence electrons. The standard InChI is InChI=1S/C9H8FNO3S/c10-3-1-2-5-7(12)11-6(9(13)14)4-15-8(5)11/h2,4,8H,1,3H2,(H,13,14)/b5-2+/t8-/m1/s1. The van der Waals surface area contributed by atoms with E-state index in [9.17, 15) is 14.0 Å². The highest BCUT2D eigenvalue weighted by Crippen LogP contribution is 2.44. The number of thioether (sulfide) groups is 1. The van der Waals surface area contributed by atoms with Crippen molar-refractivity contribution in [2.75, 3.05) is 6.67 Å². The molecule has 0 radical (unpaired) electrons. The van der Waals surface area contributed by atoms with Crippen LogP contribution in [0.25, 0.3) is 0 Å². The van der Waals surface area contributed by atoms with Gasteiger partial charge in [0.05, 0.1) is 6.67 Å². The number of allylic oxidation sites excluding steroid dienone is 1. The number of carbonyl (C=O) groups excluding carboxylic acids is 1. The molecule has 0 unspecified atom stereocenters. The van der Waals surface area contributed by atoms with Crippen molar-refractivity contribution in [2.24, 2.45) is 0 Å². The lowest BCUT2D eigenvalue weighted by molar-refractivity contribution is -0.141. The third-order valence-electron chi connectivity index (χ3n) is 2.23. The largest absolute Gasteiger partial charge is 0.477 e.